The molecular weight excluding hydrogens is 387 g/mol. The predicted molar refractivity (Wildman–Crippen MR) is 114 cm³/mol. The SMILES string of the molecule is CC(NC1CCCc2nc(-c3ccccc3F)sc21)c1ccc2[nH]c(=O)[nH]c2c1. The number of thiazole rings is 1. The number of hydrogen-bond acceptors (Lipinski definition) is 4. The second-order valence-corrected chi connectivity index (χ2v) is 8.56. The topological polar surface area (TPSA) is 73.6 Å². The van der Waals surface area contributed by atoms with Gasteiger partial charge in [-0.15, -0.1) is 11.3 Å². The average molecular weight is 409 g/mol. The first-order valence-electron chi connectivity index (χ1n) is 9.81. The molecule has 0 saturated heterocycles. The fraction of sp³-hybridized carbons (Fsp3) is 0.273. The number of hydrogen-bond donors (Lipinski definition) is 3. The molecule has 2 unspecified atom stereocenters. The number of benzene rings is 2. The molecule has 2 aromatic carbocycles. The quantitative estimate of drug-likeness (QED) is 0.452. The minimum absolute atomic E-state index is 0.104. The zero-order valence-corrected chi connectivity index (χ0v) is 16.8. The molecule has 7 heteroatoms. The van der Waals surface area contributed by atoms with Crippen molar-refractivity contribution in [2.45, 2.75) is 38.3 Å². The van der Waals surface area contributed by atoms with E-state index < -0.39 is 0 Å². The molecule has 1 aliphatic carbocycles. The number of fused-ring (bicyclic) bond motifs is 2. The summed E-state index contributed by atoms with van der Waals surface area (Å²) in [4.78, 5) is 23.1. The first-order valence-corrected chi connectivity index (χ1v) is 10.6. The highest BCUT2D eigenvalue weighted by Crippen LogP contribution is 2.39. The second-order valence-electron chi connectivity index (χ2n) is 7.53. The first kappa shape index (κ1) is 18.3. The summed E-state index contributed by atoms with van der Waals surface area (Å²) in [7, 11) is 0. The predicted octanol–water partition coefficient (Wildman–Crippen LogP) is 4.85. The molecule has 0 amide bonds. The molecule has 4 aromatic rings. The van der Waals surface area contributed by atoms with Crippen LogP contribution in [0, 0.1) is 5.82 Å². The average Bonchev–Trinajstić information content (AvgIpc) is 3.30. The minimum atomic E-state index is -0.231. The van der Waals surface area contributed by atoms with E-state index in [1.807, 2.05) is 24.3 Å². The molecule has 0 radical (unpaired) electrons. The van der Waals surface area contributed by atoms with Gasteiger partial charge in [-0.05, 0) is 56.0 Å². The van der Waals surface area contributed by atoms with E-state index in [2.05, 4.69) is 22.2 Å². The van der Waals surface area contributed by atoms with E-state index in [0.29, 0.717) is 5.56 Å². The fourth-order valence-corrected chi connectivity index (χ4v) is 5.28. The van der Waals surface area contributed by atoms with Gasteiger partial charge < -0.3 is 15.3 Å². The largest absolute Gasteiger partial charge is 0.323 e. The van der Waals surface area contributed by atoms with Crippen molar-refractivity contribution in [2.75, 3.05) is 0 Å². The summed E-state index contributed by atoms with van der Waals surface area (Å²) >= 11 is 1.59. The molecule has 0 bridgehead atoms. The number of aromatic amines is 2. The van der Waals surface area contributed by atoms with Crippen molar-refractivity contribution in [3.05, 3.63) is 74.9 Å². The molecule has 148 valence electrons. The maximum absolute atomic E-state index is 14.2. The fourth-order valence-electron chi connectivity index (χ4n) is 4.05. The van der Waals surface area contributed by atoms with Crippen LogP contribution >= 0.6 is 11.3 Å². The van der Waals surface area contributed by atoms with Gasteiger partial charge in [0.2, 0.25) is 0 Å². The molecule has 29 heavy (non-hydrogen) atoms. The van der Waals surface area contributed by atoms with E-state index in [4.69, 9.17) is 4.98 Å². The van der Waals surface area contributed by atoms with Crippen molar-refractivity contribution < 1.29 is 4.39 Å². The zero-order chi connectivity index (χ0) is 20.0. The third-order valence-electron chi connectivity index (χ3n) is 5.55. The van der Waals surface area contributed by atoms with Crippen LogP contribution in [0.1, 0.15) is 48.0 Å². The van der Waals surface area contributed by atoms with Crippen LogP contribution in [-0.4, -0.2) is 15.0 Å². The molecular formula is C22H21FN4OS. The normalized spacial score (nSPS) is 17.4. The smallest absolute Gasteiger partial charge is 0.306 e. The summed E-state index contributed by atoms with van der Waals surface area (Å²) in [6, 6.07) is 13.1. The van der Waals surface area contributed by atoms with E-state index in [1.54, 1.807) is 23.5 Å². The van der Waals surface area contributed by atoms with E-state index in [9.17, 15) is 9.18 Å². The Kier molecular flexibility index (Phi) is 4.56. The van der Waals surface area contributed by atoms with Gasteiger partial charge in [-0.1, -0.05) is 18.2 Å². The maximum atomic E-state index is 14.2. The lowest BCUT2D eigenvalue weighted by atomic mass is 9.96. The summed E-state index contributed by atoms with van der Waals surface area (Å²) in [5.41, 5.74) is 4.18. The molecule has 0 aliphatic heterocycles. The van der Waals surface area contributed by atoms with Gasteiger partial charge in [0.25, 0.3) is 0 Å². The number of imidazole rings is 1. The highest BCUT2D eigenvalue weighted by molar-refractivity contribution is 7.15. The Balaban J connectivity index is 1.42. The van der Waals surface area contributed by atoms with Crippen LogP contribution in [0.5, 0.6) is 0 Å². The van der Waals surface area contributed by atoms with Gasteiger partial charge in [-0.3, -0.25) is 0 Å². The van der Waals surface area contributed by atoms with E-state index in [0.717, 1.165) is 46.6 Å². The number of aryl methyl sites for hydroxylation is 1. The lowest BCUT2D eigenvalue weighted by molar-refractivity contribution is 0.419. The third kappa shape index (κ3) is 3.41. The highest BCUT2D eigenvalue weighted by atomic mass is 32.1. The maximum Gasteiger partial charge on any atom is 0.323 e. The highest BCUT2D eigenvalue weighted by Gasteiger charge is 2.27. The molecule has 2 atom stereocenters. The lowest BCUT2D eigenvalue weighted by Crippen LogP contribution is -2.27. The van der Waals surface area contributed by atoms with Gasteiger partial charge in [0.15, 0.2) is 0 Å². The van der Waals surface area contributed by atoms with Gasteiger partial charge in [0, 0.05) is 22.5 Å². The van der Waals surface area contributed by atoms with Crippen molar-refractivity contribution in [1.29, 1.82) is 0 Å². The monoisotopic (exact) mass is 408 g/mol. The van der Waals surface area contributed by atoms with E-state index >= 15 is 0 Å². The van der Waals surface area contributed by atoms with Crippen LogP contribution in [-0.2, 0) is 6.42 Å². The van der Waals surface area contributed by atoms with Crippen molar-refractivity contribution in [3.8, 4) is 10.6 Å². The Hall–Kier alpha value is -2.77. The van der Waals surface area contributed by atoms with Crippen LogP contribution in [0.4, 0.5) is 4.39 Å². The molecule has 3 N–H and O–H groups in total. The zero-order valence-electron chi connectivity index (χ0n) is 16.0. The summed E-state index contributed by atoms with van der Waals surface area (Å²) in [6.07, 6.45) is 3.02. The Labute approximate surface area is 171 Å². The Morgan fingerprint density at radius 1 is 1.21 bits per heavy atom. The Morgan fingerprint density at radius 3 is 2.90 bits per heavy atom. The first-order chi connectivity index (χ1) is 14.1. The van der Waals surface area contributed by atoms with Crippen molar-refractivity contribution in [1.82, 2.24) is 20.3 Å². The molecule has 5 rings (SSSR count). The summed E-state index contributed by atoms with van der Waals surface area (Å²) in [5, 5.41) is 4.47. The van der Waals surface area contributed by atoms with Crippen molar-refractivity contribution >= 4 is 22.4 Å². The minimum Gasteiger partial charge on any atom is -0.306 e. The summed E-state index contributed by atoms with van der Waals surface area (Å²) in [6.45, 7) is 2.12. The second kappa shape index (κ2) is 7.24. The number of H-pyrrole nitrogens is 2. The van der Waals surface area contributed by atoms with Crippen molar-refractivity contribution in [3.63, 3.8) is 0 Å². The van der Waals surface area contributed by atoms with Crippen LogP contribution in [0.15, 0.2) is 47.3 Å². The van der Waals surface area contributed by atoms with Crippen molar-refractivity contribution in [2.24, 2.45) is 0 Å². The molecule has 0 fully saturated rings. The molecule has 1 aliphatic rings. The van der Waals surface area contributed by atoms with Crippen LogP contribution in [0.25, 0.3) is 21.6 Å². The van der Waals surface area contributed by atoms with E-state index in [1.165, 1.54) is 10.9 Å². The summed E-state index contributed by atoms with van der Waals surface area (Å²) in [5.74, 6) is -0.231. The number of halogens is 1. The van der Waals surface area contributed by atoms with Gasteiger partial charge in [-0.2, -0.15) is 0 Å². The molecule has 0 saturated carbocycles. The number of nitrogens with zero attached hydrogens (tertiary/aromatic N) is 1. The van der Waals surface area contributed by atoms with Gasteiger partial charge >= 0.3 is 5.69 Å². The molecule has 0 spiro atoms. The number of nitrogens with one attached hydrogen (secondary N) is 3. The van der Waals surface area contributed by atoms with E-state index in [-0.39, 0.29) is 23.6 Å². The van der Waals surface area contributed by atoms with Crippen LogP contribution in [0.2, 0.25) is 0 Å². The molecule has 2 heterocycles. The van der Waals surface area contributed by atoms with Gasteiger partial charge in [0.1, 0.15) is 10.8 Å². The third-order valence-corrected chi connectivity index (χ3v) is 6.79. The standard InChI is InChI=1S/C22H21FN4OS/c1-12(13-9-10-16-19(11-13)27-22(28)26-16)24-17-7-4-8-18-20(17)29-21(25-18)14-5-2-3-6-15(14)23/h2-3,5-6,9-12,17,24H,4,7-8H2,1H3,(H2,26,27,28). The molecule has 5 nitrogen and oxygen atoms in total. The Morgan fingerprint density at radius 2 is 2.03 bits per heavy atom. The van der Waals surface area contributed by atoms with Crippen LogP contribution < -0.4 is 11.0 Å². The lowest BCUT2D eigenvalue weighted by Gasteiger charge is -2.26. The molecule has 2 aromatic heterocycles. The van der Waals surface area contributed by atoms with Gasteiger partial charge in [-0.25, -0.2) is 14.2 Å². The van der Waals surface area contributed by atoms with Crippen LogP contribution in [0.3, 0.4) is 0 Å². The summed E-state index contributed by atoms with van der Waals surface area (Å²) < 4.78 is 14.2. The Bertz CT molecular complexity index is 1240. The van der Waals surface area contributed by atoms with Gasteiger partial charge in [0.05, 0.1) is 16.7 Å². The number of rotatable bonds is 4. The number of aromatic nitrogens is 3.